The molecule has 0 saturated heterocycles. The Morgan fingerprint density at radius 3 is 2.75 bits per heavy atom. The third-order valence-electron chi connectivity index (χ3n) is 1.56. The van der Waals surface area contributed by atoms with E-state index < -0.39 is 0 Å². The highest BCUT2D eigenvalue weighted by Gasteiger charge is 2.06. The van der Waals surface area contributed by atoms with E-state index in [2.05, 4.69) is 19.7 Å². The molecule has 1 rings (SSSR count). The molecule has 0 saturated carbocycles. The molecule has 0 atom stereocenters. The Kier molecular flexibility index (Phi) is 4.77. The summed E-state index contributed by atoms with van der Waals surface area (Å²) in [5, 5.41) is 0.424. The lowest BCUT2D eigenvalue weighted by atomic mass is 10.5. The Hall–Kier alpha value is -1.57. The summed E-state index contributed by atoms with van der Waals surface area (Å²) in [5.41, 5.74) is 5.45. The van der Waals surface area contributed by atoms with Crippen molar-refractivity contribution in [1.82, 2.24) is 15.0 Å². The molecular weight excluding hydrogens is 232 g/mol. The van der Waals surface area contributed by atoms with E-state index in [1.165, 1.54) is 26.0 Å². The molecule has 0 aliphatic heterocycles. The first-order valence-corrected chi connectivity index (χ1v) is 5.39. The number of nitrogen functional groups attached to an aromatic ring is 1. The first-order chi connectivity index (χ1) is 7.65. The normalized spacial score (nSPS) is 9.88. The highest BCUT2D eigenvalue weighted by molar-refractivity contribution is 7.99. The van der Waals surface area contributed by atoms with Gasteiger partial charge in [0.25, 0.3) is 0 Å². The molecule has 1 aromatic rings. The average Bonchev–Trinajstić information content (AvgIpc) is 2.28. The zero-order valence-electron chi connectivity index (χ0n) is 8.97. The summed E-state index contributed by atoms with van der Waals surface area (Å²) in [6.07, 6.45) is 0.287. The van der Waals surface area contributed by atoms with Crippen LogP contribution in [0.4, 0.5) is 5.95 Å². The molecular formula is C8H12N4O3S. The number of thioether (sulfide) groups is 1. The first-order valence-electron chi connectivity index (χ1n) is 4.41. The average molecular weight is 244 g/mol. The van der Waals surface area contributed by atoms with Gasteiger partial charge in [0.1, 0.15) is 0 Å². The molecule has 8 heteroatoms. The summed E-state index contributed by atoms with van der Waals surface area (Å²) in [6, 6.07) is 0.160. The first kappa shape index (κ1) is 12.5. The predicted octanol–water partition coefficient (Wildman–Crippen LogP) is 0.118. The molecule has 0 fully saturated rings. The van der Waals surface area contributed by atoms with E-state index in [0.29, 0.717) is 10.9 Å². The van der Waals surface area contributed by atoms with Crippen LogP contribution in [0.5, 0.6) is 6.01 Å². The fraction of sp³-hybridized carbons (Fsp3) is 0.500. The van der Waals surface area contributed by atoms with Crippen LogP contribution < -0.4 is 10.5 Å². The Morgan fingerprint density at radius 2 is 2.12 bits per heavy atom. The van der Waals surface area contributed by atoms with Gasteiger partial charge in [-0.2, -0.15) is 15.0 Å². The van der Waals surface area contributed by atoms with Crippen LogP contribution in [0.15, 0.2) is 5.16 Å². The number of aromatic nitrogens is 3. The third-order valence-corrected chi connectivity index (χ3v) is 2.41. The number of ether oxygens (including phenoxy) is 2. The number of carbonyl (C=O) groups is 1. The lowest BCUT2D eigenvalue weighted by molar-refractivity contribution is -0.140. The van der Waals surface area contributed by atoms with Crippen LogP contribution in [-0.2, 0) is 9.53 Å². The van der Waals surface area contributed by atoms with Crippen LogP contribution in [0.25, 0.3) is 0 Å². The number of anilines is 1. The second-order valence-electron chi connectivity index (χ2n) is 2.64. The van der Waals surface area contributed by atoms with Crippen LogP contribution in [0.1, 0.15) is 6.42 Å². The molecule has 0 aliphatic rings. The van der Waals surface area contributed by atoms with Crippen molar-refractivity contribution < 1.29 is 14.3 Å². The van der Waals surface area contributed by atoms with Gasteiger partial charge in [0.15, 0.2) is 5.16 Å². The number of rotatable bonds is 5. The summed E-state index contributed by atoms with van der Waals surface area (Å²) >= 11 is 1.28. The summed E-state index contributed by atoms with van der Waals surface area (Å²) < 4.78 is 9.34. The van der Waals surface area contributed by atoms with Crippen LogP contribution in [-0.4, -0.2) is 40.9 Å². The maximum atomic E-state index is 10.9. The Labute approximate surface area is 96.8 Å². The lowest BCUT2D eigenvalue weighted by Gasteiger charge is -2.02. The van der Waals surface area contributed by atoms with Crippen molar-refractivity contribution in [2.75, 3.05) is 25.7 Å². The number of hydrogen-bond acceptors (Lipinski definition) is 8. The van der Waals surface area contributed by atoms with Gasteiger partial charge in [-0.25, -0.2) is 0 Å². The minimum absolute atomic E-state index is 0.0902. The van der Waals surface area contributed by atoms with Gasteiger partial charge in [0, 0.05) is 5.75 Å². The van der Waals surface area contributed by atoms with Crippen molar-refractivity contribution >= 4 is 23.7 Å². The Balaban J connectivity index is 2.53. The van der Waals surface area contributed by atoms with Gasteiger partial charge in [-0.3, -0.25) is 4.79 Å². The molecule has 7 nitrogen and oxygen atoms in total. The fourth-order valence-electron chi connectivity index (χ4n) is 0.836. The number of hydrogen-bond donors (Lipinski definition) is 1. The SMILES string of the molecule is COC(=O)CCSc1nc(N)nc(OC)n1. The number of carbonyl (C=O) groups excluding carboxylic acids is 1. The molecule has 0 spiro atoms. The maximum absolute atomic E-state index is 10.9. The molecule has 1 heterocycles. The van der Waals surface area contributed by atoms with E-state index in [1.54, 1.807) is 0 Å². The van der Waals surface area contributed by atoms with E-state index in [4.69, 9.17) is 10.5 Å². The largest absolute Gasteiger partial charge is 0.469 e. The minimum atomic E-state index is -0.276. The molecule has 0 unspecified atom stereocenters. The predicted molar refractivity (Wildman–Crippen MR) is 58.1 cm³/mol. The van der Waals surface area contributed by atoms with Gasteiger partial charge >= 0.3 is 12.0 Å². The summed E-state index contributed by atoms with van der Waals surface area (Å²) in [5.74, 6) is 0.327. The van der Waals surface area contributed by atoms with Crippen molar-refractivity contribution in [3.05, 3.63) is 0 Å². The van der Waals surface area contributed by atoms with Crippen molar-refractivity contribution in [2.45, 2.75) is 11.6 Å². The minimum Gasteiger partial charge on any atom is -0.469 e. The summed E-state index contributed by atoms with van der Waals surface area (Å²) in [7, 11) is 2.79. The Bertz CT molecular complexity index is 374. The van der Waals surface area contributed by atoms with Gasteiger partial charge in [0.05, 0.1) is 20.6 Å². The van der Waals surface area contributed by atoms with E-state index in [1.807, 2.05) is 0 Å². The zero-order chi connectivity index (χ0) is 12.0. The van der Waals surface area contributed by atoms with Crippen LogP contribution in [0, 0.1) is 0 Å². The van der Waals surface area contributed by atoms with Gasteiger partial charge in [0.2, 0.25) is 5.95 Å². The third kappa shape index (κ3) is 3.89. The van der Waals surface area contributed by atoms with Crippen LogP contribution >= 0.6 is 11.8 Å². The Morgan fingerprint density at radius 1 is 1.38 bits per heavy atom. The molecule has 88 valence electrons. The molecule has 1 aromatic heterocycles. The van der Waals surface area contributed by atoms with Crippen molar-refractivity contribution in [2.24, 2.45) is 0 Å². The molecule has 0 aliphatic carbocycles. The number of methoxy groups -OCH3 is 2. The van der Waals surface area contributed by atoms with E-state index in [-0.39, 0.29) is 24.3 Å². The van der Waals surface area contributed by atoms with E-state index >= 15 is 0 Å². The maximum Gasteiger partial charge on any atom is 0.321 e. The molecule has 0 aromatic carbocycles. The second kappa shape index (κ2) is 6.11. The summed E-state index contributed by atoms with van der Waals surface area (Å²) in [6.45, 7) is 0. The second-order valence-corrected chi connectivity index (χ2v) is 3.70. The topological polar surface area (TPSA) is 100 Å². The fourth-order valence-corrected chi connectivity index (χ4v) is 1.59. The van der Waals surface area contributed by atoms with Crippen LogP contribution in [0.2, 0.25) is 0 Å². The monoisotopic (exact) mass is 244 g/mol. The van der Waals surface area contributed by atoms with Gasteiger partial charge in [-0.05, 0) is 0 Å². The van der Waals surface area contributed by atoms with Crippen LogP contribution in [0.3, 0.4) is 0 Å². The van der Waals surface area contributed by atoms with Gasteiger partial charge in [-0.15, -0.1) is 0 Å². The van der Waals surface area contributed by atoms with Crippen molar-refractivity contribution in [1.29, 1.82) is 0 Å². The molecule has 0 radical (unpaired) electrons. The molecule has 0 bridgehead atoms. The molecule has 0 amide bonds. The molecule has 16 heavy (non-hydrogen) atoms. The van der Waals surface area contributed by atoms with Crippen molar-refractivity contribution in [3.63, 3.8) is 0 Å². The lowest BCUT2D eigenvalue weighted by Crippen LogP contribution is -2.04. The van der Waals surface area contributed by atoms with Crippen molar-refractivity contribution in [3.8, 4) is 6.01 Å². The van der Waals surface area contributed by atoms with E-state index in [9.17, 15) is 4.79 Å². The highest BCUT2D eigenvalue weighted by atomic mass is 32.2. The standard InChI is InChI=1S/C8H12N4O3S/c1-14-5(13)3-4-16-8-11-6(9)10-7(12-8)15-2/h3-4H2,1-2H3,(H2,9,10,11,12). The zero-order valence-corrected chi connectivity index (χ0v) is 9.78. The quantitative estimate of drug-likeness (QED) is 0.575. The van der Waals surface area contributed by atoms with E-state index in [0.717, 1.165) is 0 Å². The summed E-state index contributed by atoms with van der Waals surface area (Å²) in [4.78, 5) is 22.4. The number of nitrogens with two attached hydrogens (primary N) is 1. The van der Waals surface area contributed by atoms with Gasteiger partial charge in [-0.1, -0.05) is 11.8 Å². The highest BCUT2D eigenvalue weighted by Crippen LogP contribution is 2.17. The number of esters is 1. The van der Waals surface area contributed by atoms with Gasteiger partial charge < -0.3 is 15.2 Å². The smallest absolute Gasteiger partial charge is 0.321 e. The molecule has 2 N–H and O–H groups in total. The number of nitrogens with zero attached hydrogens (tertiary/aromatic N) is 3.